The van der Waals surface area contributed by atoms with Crippen LogP contribution in [-0.2, 0) is 4.74 Å². The highest BCUT2D eigenvalue weighted by molar-refractivity contribution is 9.09. The second kappa shape index (κ2) is 7.64. The van der Waals surface area contributed by atoms with Gasteiger partial charge >= 0.3 is 6.09 Å². The van der Waals surface area contributed by atoms with E-state index in [1.165, 1.54) is 22.3 Å². The molecule has 1 aliphatic carbocycles. The van der Waals surface area contributed by atoms with Gasteiger partial charge in [0.05, 0.1) is 6.61 Å². The number of nitrogens with one attached hydrogen (secondary N) is 1. The number of rotatable bonds is 6. The molecule has 0 unspecified atom stereocenters. The van der Waals surface area contributed by atoms with Crippen LogP contribution < -0.4 is 5.32 Å². The first-order valence-electron chi connectivity index (χ1n) is 7.96. The van der Waals surface area contributed by atoms with Crippen LogP contribution in [0.2, 0.25) is 0 Å². The van der Waals surface area contributed by atoms with Crippen molar-refractivity contribution in [3.8, 4) is 11.1 Å². The molecule has 2 aromatic rings. The summed E-state index contributed by atoms with van der Waals surface area (Å²) in [4.78, 5) is 11.8. The Labute approximate surface area is 145 Å². The van der Waals surface area contributed by atoms with E-state index in [4.69, 9.17) is 4.74 Å². The predicted octanol–water partition coefficient (Wildman–Crippen LogP) is 4.70. The summed E-state index contributed by atoms with van der Waals surface area (Å²) in [6, 6.07) is 16.8. The van der Waals surface area contributed by atoms with Crippen LogP contribution >= 0.6 is 15.9 Å². The molecule has 23 heavy (non-hydrogen) atoms. The summed E-state index contributed by atoms with van der Waals surface area (Å²) in [7, 11) is 0. The summed E-state index contributed by atoms with van der Waals surface area (Å²) in [5, 5.41) is 3.85. The Hall–Kier alpha value is -1.81. The summed E-state index contributed by atoms with van der Waals surface area (Å²) in [6.07, 6.45) is 1.56. The molecule has 0 atom stereocenters. The summed E-state index contributed by atoms with van der Waals surface area (Å²) < 4.78 is 5.21. The quantitative estimate of drug-likeness (QED) is 0.588. The van der Waals surface area contributed by atoms with E-state index >= 15 is 0 Å². The molecule has 0 saturated carbocycles. The van der Waals surface area contributed by atoms with Crippen LogP contribution in [0.5, 0.6) is 0 Å². The third-order valence-corrected chi connectivity index (χ3v) is 4.73. The van der Waals surface area contributed by atoms with Gasteiger partial charge in [-0.2, -0.15) is 0 Å². The second-order valence-electron chi connectivity index (χ2n) is 5.64. The molecule has 0 saturated heterocycles. The van der Waals surface area contributed by atoms with Crippen molar-refractivity contribution in [2.75, 3.05) is 18.5 Å². The smallest absolute Gasteiger partial charge is 0.407 e. The fraction of sp³-hybridized carbons (Fsp3) is 0.316. The first-order chi connectivity index (χ1) is 11.3. The molecule has 0 radical (unpaired) electrons. The minimum atomic E-state index is -0.332. The third-order valence-electron chi connectivity index (χ3n) is 4.17. The van der Waals surface area contributed by atoms with E-state index in [2.05, 4.69) is 69.8 Å². The first-order valence-corrected chi connectivity index (χ1v) is 9.08. The number of fused-ring (bicyclic) bond motifs is 3. The fourth-order valence-corrected chi connectivity index (χ4v) is 3.47. The summed E-state index contributed by atoms with van der Waals surface area (Å²) in [6.45, 7) is 1.03. The summed E-state index contributed by atoms with van der Waals surface area (Å²) >= 11 is 3.37. The number of hydrogen-bond donors (Lipinski definition) is 1. The molecule has 0 fully saturated rings. The van der Waals surface area contributed by atoms with Crippen molar-refractivity contribution in [1.29, 1.82) is 0 Å². The molecule has 0 heterocycles. The van der Waals surface area contributed by atoms with Crippen LogP contribution in [0, 0.1) is 0 Å². The number of benzene rings is 2. The minimum Gasteiger partial charge on any atom is -0.450 e. The Kier molecular flexibility index (Phi) is 5.34. The van der Waals surface area contributed by atoms with Gasteiger partial charge in [0.1, 0.15) is 0 Å². The van der Waals surface area contributed by atoms with Crippen molar-refractivity contribution in [2.24, 2.45) is 0 Å². The number of ether oxygens (including phenoxy) is 1. The number of amides is 1. The predicted molar refractivity (Wildman–Crippen MR) is 96.1 cm³/mol. The number of alkyl halides is 1. The molecule has 2 aromatic carbocycles. The topological polar surface area (TPSA) is 38.3 Å². The maximum absolute atomic E-state index is 11.8. The zero-order valence-electron chi connectivity index (χ0n) is 12.9. The van der Waals surface area contributed by atoms with Crippen LogP contribution in [0.1, 0.15) is 29.9 Å². The van der Waals surface area contributed by atoms with Gasteiger partial charge in [0, 0.05) is 17.8 Å². The lowest BCUT2D eigenvalue weighted by atomic mass is 9.97. The van der Waals surface area contributed by atoms with E-state index in [1.54, 1.807) is 0 Å². The SMILES string of the molecule is O=C(NCC1c2ccccc2-c2ccccc21)OCCCCBr. The van der Waals surface area contributed by atoms with Gasteiger partial charge in [0.2, 0.25) is 0 Å². The van der Waals surface area contributed by atoms with Gasteiger partial charge < -0.3 is 10.1 Å². The first kappa shape index (κ1) is 16.1. The van der Waals surface area contributed by atoms with Crippen LogP contribution in [0.25, 0.3) is 11.1 Å². The molecular formula is C19H20BrNO2. The molecule has 0 aliphatic heterocycles. The third kappa shape index (κ3) is 3.58. The second-order valence-corrected chi connectivity index (χ2v) is 6.43. The van der Waals surface area contributed by atoms with Gasteiger partial charge in [-0.25, -0.2) is 4.79 Å². The van der Waals surface area contributed by atoms with Crippen molar-refractivity contribution in [2.45, 2.75) is 18.8 Å². The van der Waals surface area contributed by atoms with Gasteiger partial charge in [-0.15, -0.1) is 0 Å². The van der Waals surface area contributed by atoms with Gasteiger partial charge in [0.25, 0.3) is 0 Å². The maximum Gasteiger partial charge on any atom is 0.407 e. The molecule has 120 valence electrons. The van der Waals surface area contributed by atoms with Gasteiger partial charge in [0.15, 0.2) is 0 Å². The van der Waals surface area contributed by atoms with Crippen molar-refractivity contribution in [3.63, 3.8) is 0 Å². The number of carbonyl (C=O) groups excluding carboxylic acids is 1. The molecule has 1 N–H and O–H groups in total. The van der Waals surface area contributed by atoms with E-state index in [1.807, 2.05) is 0 Å². The summed E-state index contributed by atoms with van der Waals surface area (Å²) in [5.74, 6) is 0.192. The van der Waals surface area contributed by atoms with E-state index in [0.717, 1.165) is 18.2 Å². The Morgan fingerprint density at radius 2 is 1.61 bits per heavy atom. The standard InChI is InChI=1S/C19H20BrNO2/c20-11-5-6-12-23-19(22)21-13-18-16-9-3-1-7-14(16)15-8-2-4-10-17(15)18/h1-4,7-10,18H,5-6,11-13H2,(H,21,22). The molecule has 0 spiro atoms. The summed E-state index contributed by atoms with van der Waals surface area (Å²) in [5.41, 5.74) is 5.07. The monoisotopic (exact) mass is 373 g/mol. The van der Waals surface area contributed by atoms with Gasteiger partial charge in [-0.1, -0.05) is 64.5 Å². The van der Waals surface area contributed by atoms with E-state index in [0.29, 0.717) is 13.2 Å². The van der Waals surface area contributed by atoms with Crippen LogP contribution in [0.4, 0.5) is 4.79 Å². The lowest BCUT2D eigenvalue weighted by molar-refractivity contribution is 0.144. The highest BCUT2D eigenvalue weighted by Crippen LogP contribution is 2.43. The largest absolute Gasteiger partial charge is 0.450 e. The number of carbonyl (C=O) groups is 1. The fourth-order valence-electron chi connectivity index (χ4n) is 3.08. The average molecular weight is 374 g/mol. The zero-order valence-corrected chi connectivity index (χ0v) is 14.5. The molecule has 1 amide bonds. The molecule has 4 heteroatoms. The Balaban J connectivity index is 1.65. The highest BCUT2D eigenvalue weighted by Gasteiger charge is 2.28. The lowest BCUT2D eigenvalue weighted by Crippen LogP contribution is -2.29. The van der Waals surface area contributed by atoms with Crippen LogP contribution in [0.3, 0.4) is 0 Å². The number of halogens is 1. The van der Waals surface area contributed by atoms with E-state index in [-0.39, 0.29) is 12.0 Å². The maximum atomic E-state index is 11.8. The number of alkyl carbamates (subject to hydrolysis) is 1. The number of hydrogen-bond acceptors (Lipinski definition) is 2. The highest BCUT2D eigenvalue weighted by atomic mass is 79.9. The van der Waals surface area contributed by atoms with Crippen molar-refractivity contribution in [1.82, 2.24) is 5.32 Å². The van der Waals surface area contributed by atoms with Gasteiger partial charge in [-0.05, 0) is 35.1 Å². The normalized spacial score (nSPS) is 12.6. The van der Waals surface area contributed by atoms with Crippen molar-refractivity contribution < 1.29 is 9.53 Å². The zero-order chi connectivity index (χ0) is 16.1. The molecular weight excluding hydrogens is 354 g/mol. The van der Waals surface area contributed by atoms with Crippen molar-refractivity contribution in [3.05, 3.63) is 59.7 Å². The van der Waals surface area contributed by atoms with Crippen LogP contribution in [-0.4, -0.2) is 24.6 Å². The average Bonchev–Trinajstić information content (AvgIpc) is 2.91. The lowest BCUT2D eigenvalue weighted by Gasteiger charge is -2.14. The Bertz CT molecular complexity index is 641. The molecule has 3 nitrogen and oxygen atoms in total. The van der Waals surface area contributed by atoms with Crippen molar-refractivity contribution >= 4 is 22.0 Å². The Morgan fingerprint density at radius 3 is 2.22 bits per heavy atom. The van der Waals surface area contributed by atoms with Crippen LogP contribution in [0.15, 0.2) is 48.5 Å². The molecule has 0 bridgehead atoms. The minimum absolute atomic E-state index is 0.192. The van der Waals surface area contributed by atoms with E-state index < -0.39 is 0 Å². The number of unbranched alkanes of at least 4 members (excludes halogenated alkanes) is 1. The van der Waals surface area contributed by atoms with E-state index in [9.17, 15) is 4.79 Å². The molecule has 0 aromatic heterocycles. The molecule has 1 aliphatic rings. The van der Waals surface area contributed by atoms with Gasteiger partial charge in [-0.3, -0.25) is 0 Å². The molecule has 3 rings (SSSR count). The Morgan fingerprint density at radius 1 is 1.00 bits per heavy atom.